The maximum atomic E-state index is 12.2. The number of amides is 1. The summed E-state index contributed by atoms with van der Waals surface area (Å²) in [6, 6.07) is -0.0187. The summed E-state index contributed by atoms with van der Waals surface area (Å²) in [6.45, 7) is 15.7. The lowest BCUT2D eigenvalue weighted by atomic mass is 10.0. The van der Waals surface area contributed by atoms with E-state index < -0.39 is 0 Å². The van der Waals surface area contributed by atoms with E-state index in [0.29, 0.717) is 0 Å². The molecule has 1 fully saturated rings. The topological polar surface area (TPSA) is 35.6 Å². The van der Waals surface area contributed by atoms with Gasteiger partial charge in [0.25, 0.3) is 0 Å². The zero-order chi connectivity index (χ0) is 13.8. The number of nitrogens with zero attached hydrogens (tertiary/aromatic N) is 2. The molecule has 18 heavy (non-hydrogen) atoms. The van der Waals surface area contributed by atoms with E-state index in [9.17, 15) is 4.79 Å². The van der Waals surface area contributed by atoms with Crippen molar-refractivity contribution in [3.63, 3.8) is 0 Å². The van der Waals surface area contributed by atoms with Gasteiger partial charge in [0.2, 0.25) is 5.91 Å². The monoisotopic (exact) mass is 255 g/mol. The lowest BCUT2D eigenvalue weighted by Crippen LogP contribution is -2.56. The van der Waals surface area contributed by atoms with E-state index in [1.54, 1.807) is 0 Å². The first-order valence-electron chi connectivity index (χ1n) is 7.18. The van der Waals surface area contributed by atoms with E-state index in [2.05, 4.69) is 42.8 Å². The van der Waals surface area contributed by atoms with Gasteiger partial charge in [0, 0.05) is 31.7 Å². The third-order valence-corrected chi connectivity index (χ3v) is 4.13. The summed E-state index contributed by atoms with van der Waals surface area (Å²) in [5.41, 5.74) is -0.101. The van der Waals surface area contributed by atoms with Crippen LogP contribution in [0.4, 0.5) is 0 Å². The van der Waals surface area contributed by atoms with Gasteiger partial charge in [-0.15, -0.1) is 0 Å². The number of rotatable bonds is 5. The Morgan fingerprint density at radius 3 is 2.22 bits per heavy atom. The summed E-state index contributed by atoms with van der Waals surface area (Å²) in [5.74, 6) is 0.159. The third-order valence-electron chi connectivity index (χ3n) is 4.13. The van der Waals surface area contributed by atoms with Crippen LogP contribution in [0.3, 0.4) is 0 Å². The first-order chi connectivity index (χ1) is 8.39. The van der Waals surface area contributed by atoms with Crippen LogP contribution in [0.1, 0.15) is 41.0 Å². The van der Waals surface area contributed by atoms with Gasteiger partial charge in [0.15, 0.2) is 0 Å². The maximum absolute atomic E-state index is 12.2. The SMILES string of the molecule is CCN1CCN(C(C)C(=O)NC(C)(C)CC)CC1. The Morgan fingerprint density at radius 2 is 1.78 bits per heavy atom. The highest BCUT2D eigenvalue weighted by Crippen LogP contribution is 2.10. The Balaban J connectivity index is 2.45. The maximum Gasteiger partial charge on any atom is 0.237 e. The number of piperazine rings is 1. The van der Waals surface area contributed by atoms with Crippen LogP contribution >= 0.6 is 0 Å². The second-order valence-electron chi connectivity index (χ2n) is 5.87. The second-order valence-corrected chi connectivity index (χ2v) is 5.87. The fourth-order valence-electron chi connectivity index (χ4n) is 2.16. The molecule has 0 aliphatic carbocycles. The van der Waals surface area contributed by atoms with Gasteiger partial charge < -0.3 is 10.2 Å². The summed E-state index contributed by atoms with van der Waals surface area (Å²) in [7, 11) is 0. The molecule has 0 aromatic heterocycles. The van der Waals surface area contributed by atoms with Crippen molar-refractivity contribution in [1.29, 1.82) is 0 Å². The van der Waals surface area contributed by atoms with Gasteiger partial charge in [-0.2, -0.15) is 0 Å². The van der Waals surface area contributed by atoms with Gasteiger partial charge in [-0.25, -0.2) is 0 Å². The lowest BCUT2D eigenvalue weighted by molar-refractivity contribution is -0.128. The molecule has 1 saturated heterocycles. The molecule has 1 aliphatic heterocycles. The minimum atomic E-state index is -0.101. The minimum absolute atomic E-state index is 0.0187. The molecule has 4 heteroatoms. The fourth-order valence-corrected chi connectivity index (χ4v) is 2.16. The molecule has 1 amide bonds. The van der Waals surface area contributed by atoms with Crippen LogP contribution in [0.15, 0.2) is 0 Å². The molecular weight excluding hydrogens is 226 g/mol. The van der Waals surface area contributed by atoms with Crippen molar-refractivity contribution in [1.82, 2.24) is 15.1 Å². The summed E-state index contributed by atoms with van der Waals surface area (Å²) >= 11 is 0. The molecule has 0 aromatic carbocycles. The van der Waals surface area contributed by atoms with Crippen molar-refractivity contribution in [2.24, 2.45) is 0 Å². The van der Waals surface area contributed by atoms with Crippen LogP contribution in [0.25, 0.3) is 0 Å². The summed E-state index contributed by atoms with van der Waals surface area (Å²) in [4.78, 5) is 16.9. The molecule has 0 bridgehead atoms. The van der Waals surface area contributed by atoms with E-state index >= 15 is 0 Å². The normalized spacial score (nSPS) is 20.7. The molecule has 0 radical (unpaired) electrons. The molecule has 1 heterocycles. The smallest absolute Gasteiger partial charge is 0.237 e. The first-order valence-corrected chi connectivity index (χ1v) is 7.18. The average molecular weight is 255 g/mol. The largest absolute Gasteiger partial charge is 0.350 e. The van der Waals surface area contributed by atoms with Crippen molar-refractivity contribution in [3.8, 4) is 0 Å². The van der Waals surface area contributed by atoms with Crippen LogP contribution < -0.4 is 5.32 Å². The number of hydrogen-bond donors (Lipinski definition) is 1. The van der Waals surface area contributed by atoms with Gasteiger partial charge in [-0.05, 0) is 33.7 Å². The number of nitrogens with one attached hydrogen (secondary N) is 1. The van der Waals surface area contributed by atoms with Crippen LogP contribution in [-0.4, -0.2) is 60.0 Å². The number of carbonyl (C=O) groups is 1. The highest BCUT2D eigenvalue weighted by Gasteiger charge is 2.27. The molecule has 1 atom stereocenters. The summed E-state index contributed by atoms with van der Waals surface area (Å²) in [6.07, 6.45) is 0.953. The lowest BCUT2D eigenvalue weighted by Gasteiger charge is -2.38. The molecule has 0 aromatic rings. The van der Waals surface area contributed by atoms with Crippen LogP contribution in [0.5, 0.6) is 0 Å². The highest BCUT2D eigenvalue weighted by atomic mass is 16.2. The zero-order valence-electron chi connectivity index (χ0n) is 12.6. The summed E-state index contributed by atoms with van der Waals surface area (Å²) < 4.78 is 0. The van der Waals surface area contributed by atoms with Crippen molar-refractivity contribution >= 4 is 5.91 Å². The zero-order valence-corrected chi connectivity index (χ0v) is 12.6. The Kier molecular flexibility index (Phi) is 5.60. The Morgan fingerprint density at radius 1 is 1.22 bits per heavy atom. The van der Waals surface area contributed by atoms with E-state index in [1.165, 1.54) is 0 Å². The first kappa shape index (κ1) is 15.4. The number of hydrogen-bond acceptors (Lipinski definition) is 3. The molecule has 106 valence electrons. The van der Waals surface area contributed by atoms with Crippen molar-refractivity contribution in [2.75, 3.05) is 32.7 Å². The van der Waals surface area contributed by atoms with Crippen molar-refractivity contribution < 1.29 is 4.79 Å². The van der Waals surface area contributed by atoms with Crippen LogP contribution in [-0.2, 0) is 4.79 Å². The van der Waals surface area contributed by atoms with Crippen molar-refractivity contribution in [3.05, 3.63) is 0 Å². The molecule has 1 rings (SSSR count). The van der Waals surface area contributed by atoms with Crippen LogP contribution in [0.2, 0.25) is 0 Å². The van der Waals surface area contributed by atoms with E-state index in [4.69, 9.17) is 0 Å². The van der Waals surface area contributed by atoms with Gasteiger partial charge in [0.1, 0.15) is 0 Å². The standard InChI is InChI=1S/C14H29N3O/c1-6-14(4,5)15-13(18)12(3)17-10-8-16(7-2)9-11-17/h12H,6-11H2,1-5H3,(H,15,18). The Hall–Kier alpha value is -0.610. The molecule has 4 nitrogen and oxygen atoms in total. The fraction of sp³-hybridized carbons (Fsp3) is 0.929. The highest BCUT2D eigenvalue weighted by molar-refractivity contribution is 5.82. The predicted octanol–water partition coefficient (Wildman–Crippen LogP) is 1.32. The van der Waals surface area contributed by atoms with E-state index in [-0.39, 0.29) is 17.5 Å². The van der Waals surface area contributed by atoms with Crippen LogP contribution in [0, 0.1) is 0 Å². The van der Waals surface area contributed by atoms with E-state index in [0.717, 1.165) is 39.1 Å². The third kappa shape index (κ3) is 4.25. The number of carbonyl (C=O) groups excluding carboxylic acids is 1. The Labute approximate surface area is 112 Å². The van der Waals surface area contributed by atoms with Gasteiger partial charge in [0.05, 0.1) is 6.04 Å². The predicted molar refractivity (Wildman–Crippen MR) is 75.7 cm³/mol. The molecule has 0 spiro atoms. The summed E-state index contributed by atoms with van der Waals surface area (Å²) in [5, 5.41) is 3.13. The van der Waals surface area contributed by atoms with Crippen molar-refractivity contribution in [2.45, 2.75) is 52.6 Å². The second kappa shape index (κ2) is 6.53. The number of likely N-dealkylation sites (N-methyl/N-ethyl adjacent to an activating group) is 1. The Bertz CT molecular complexity index is 270. The van der Waals surface area contributed by atoms with Gasteiger partial charge in [-0.3, -0.25) is 9.69 Å². The minimum Gasteiger partial charge on any atom is -0.350 e. The molecule has 1 unspecified atom stereocenters. The van der Waals surface area contributed by atoms with Gasteiger partial charge in [-0.1, -0.05) is 13.8 Å². The van der Waals surface area contributed by atoms with E-state index in [1.807, 2.05) is 6.92 Å². The average Bonchev–Trinajstić information content (AvgIpc) is 2.37. The molecule has 1 aliphatic rings. The molecular formula is C14H29N3O. The van der Waals surface area contributed by atoms with Gasteiger partial charge >= 0.3 is 0 Å². The quantitative estimate of drug-likeness (QED) is 0.805. The molecule has 1 N–H and O–H groups in total. The molecule has 0 saturated carbocycles.